The lowest BCUT2D eigenvalue weighted by Crippen LogP contribution is -2.46. The second kappa shape index (κ2) is 10.8. The number of aliphatic carboxylic acids is 1. The lowest BCUT2D eigenvalue weighted by Gasteiger charge is -2.29. The van der Waals surface area contributed by atoms with Crippen LogP contribution in [0.2, 0.25) is 10.0 Å². The van der Waals surface area contributed by atoms with Crippen LogP contribution in [0.15, 0.2) is 89.3 Å². The third-order valence-electron chi connectivity index (χ3n) is 5.45. The Morgan fingerprint density at radius 2 is 1.71 bits per heavy atom. The quantitative estimate of drug-likeness (QED) is 0.284. The van der Waals surface area contributed by atoms with Gasteiger partial charge in [-0.2, -0.15) is 0 Å². The van der Waals surface area contributed by atoms with Crippen molar-refractivity contribution in [1.29, 1.82) is 0 Å². The molecular formula is C27H20Cl2FNO4. The Bertz CT molecular complexity index is 1360. The van der Waals surface area contributed by atoms with Crippen molar-refractivity contribution in [2.75, 3.05) is 0 Å². The van der Waals surface area contributed by atoms with Gasteiger partial charge in [0.05, 0.1) is 17.1 Å². The second-order valence-corrected chi connectivity index (χ2v) is 8.72. The van der Waals surface area contributed by atoms with Gasteiger partial charge in [0.1, 0.15) is 23.4 Å². The highest BCUT2D eigenvalue weighted by atomic mass is 35.5. The Morgan fingerprint density at radius 3 is 2.40 bits per heavy atom. The maximum absolute atomic E-state index is 13.6. The number of benzene rings is 3. The second-order valence-electron chi connectivity index (χ2n) is 7.88. The number of hydrogen-bond donors (Lipinski definition) is 1. The van der Waals surface area contributed by atoms with Crippen molar-refractivity contribution in [3.63, 3.8) is 0 Å². The minimum atomic E-state index is -1.21. The molecular weight excluding hydrogens is 492 g/mol. The van der Waals surface area contributed by atoms with Gasteiger partial charge in [0, 0.05) is 17.0 Å². The SMILES string of the molecule is O=C(O)[C@H](Cc1ccccc1)N(Cc1ccc(-c2cccc(F)c2)o1)C(=O)c1ccc(Cl)cc1Cl. The average molecular weight is 512 g/mol. The molecule has 1 amide bonds. The number of halogens is 3. The normalized spacial score (nSPS) is 11.7. The van der Waals surface area contributed by atoms with Gasteiger partial charge in [-0.15, -0.1) is 0 Å². The molecule has 0 saturated heterocycles. The summed E-state index contributed by atoms with van der Waals surface area (Å²) in [6.07, 6.45) is 0.0740. The maximum Gasteiger partial charge on any atom is 0.326 e. The van der Waals surface area contributed by atoms with Gasteiger partial charge in [0.25, 0.3) is 5.91 Å². The highest BCUT2D eigenvalue weighted by Gasteiger charge is 2.32. The van der Waals surface area contributed by atoms with E-state index >= 15 is 0 Å². The first kappa shape index (κ1) is 24.5. The van der Waals surface area contributed by atoms with E-state index in [9.17, 15) is 19.1 Å². The van der Waals surface area contributed by atoms with Crippen LogP contribution in [0, 0.1) is 5.82 Å². The monoisotopic (exact) mass is 511 g/mol. The summed E-state index contributed by atoms with van der Waals surface area (Å²) in [5.41, 5.74) is 1.39. The molecule has 0 radical (unpaired) electrons. The summed E-state index contributed by atoms with van der Waals surface area (Å²) in [5.74, 6) is -1.44. The van der Waals surface area contributed by atoms with Crippen LogP contribution >= 0.6 is 23.2 Å². The van der Waals surface area contributed by atoms with E-state index in [1.165, 1.54) is 35.2 Å². The highest BCUT2D eigenvalue weighted by Crippen LogP contribution is 2.27. The molecule has 0 unspecified atom stereocenters. The molecule has 0 aliphatic carbocycles. The molecule has 4 rings (SSSR count). The number of rotatable bonds is 8. The van der Waals surface area contributed by atoms with Crippen LogP contribution in [0.3, 0.4) is 0 Å². The predicted octanol–water partition coefficient (Wildman–Crippen LogP) is 6.73. The molecule has 1 atom stereocenters. The van der Waals surface area contributed by atoms with E-state index in [0.29, 0.717) is 22.1 Å². The zero-order chi connectivity index (χ0) is 24.9. The number of furan rings is 1. The van der Waals surface area contributed by atoms with Crippen molar-refractivity contribution in [3.05, 3.63) is 118 Å². The van der Waals surface area contributed by atoms with Gasteiger partial charge in [-0.1, -0.05) is 65.7 Å². The Morgan fingerprint density at radius 1 is 0.943 bits per heavy atom. The van der Waals surface area contributed by atoms with E-state index in [2.05, 4.69) is 0 Å². The maximum atomic E-state index is 13.6. The Labute approximate surface area is 211 Å². The molecule has 178 valence electrons. The van der Waals surface area contributed by atoms with Crippen molar-refractivity contribution < 1.29 is 23.5 Å². The summed E-state index contributed by atoms with van der Waals surface area (Å²) in [6, 6.07) is 21.4. The molecule has 1 heterocycles. The summed E-state index contributed by atoms with van der Waals surface area (Å²) >= 11 is 12.3. The van der Waals surface area contributed by atoms with Crippen molar-refractivity contribution in [3.8, 4) is 11.3 Å². The van der Waals surface area contributed by atoms with E-state index in [-0.39, 0.29) is 23.6 Å². The Kier molecular flexibility index (Phi) is 7.54. The molecule has 0 bridgehead atoms. The molecule has 0 aliphatic rings. The molecule has 0 spiro atoms. The van der Waals surface area contributed by atoms with Gasteiger partial charge in [-0.25, -0.2) is 9.18 Å². The summed E-state index contributed by atoms with van der Waals surface area (Å²) in [4.78, 5) is 27.1. The molecule has 1 aromatic heterocycles. The predicted molar refractivity (Wildman–Crippen MR) is 132 cm³/mol. The Balaban J connectivity index is 1.70. The smallest absolute Gasteiger partial charge is 0.326 e. The number of carboxylic acid groups (broad SMARTS) is 1. The van der Waals surface area contributed by atoms with Gasteiger partial charge in [-0.3, -0.25) is 4.79 Å². The van der Waals surface area contributed by atoms with Crippen LogP contribution in [0.4, 0.5) is 4.39 Å². The fraction of sp³-hybridized carbons (Fsp3) is 0.111. The number of hydrogen-bond acceptors (Lipinski definition) is 3. The fourth-order valence-electron chi connectivity index (χ4n) is 3.74. The van der Waals surface area contributed by atoms with E-state index in [1.54, 1.807) is 48.5 Å². The molecule has 8 heteroatoms. The molecule has 0 saturated carbocycles. The highest BCUT2D eigenvalue weighted by molar-refractivity contribution is 6.36. The topological polar surface area (TPSA) is 70.8 Å². The van der Waals surface area contributed by atoms with Crippen LogP contribution in [-0.4, -0.2) is 27.9 Å². The third kappa shape index (κ3) is 5.91. The van der Waals surface area contributed by atoms with Crippen LogP contribution in [0.5, 0.6) is 0 Å². The van der Waals surface area contributed by atoms with Gasteiger partial charge in [0.15, 0.2) is 0 Å². The van der Waals surface area contributed by atoms with Crippen LogP contribution in [0.25, 0.3) is 11.3 Å². The molecule has 1 N–H and O–H groups in total. The zero-order valence-electron chi connectivity index (χ0n) is 18.3. The van der Waals surface area contributed by atoms with Crippen molar-refractivity contribution in [1.82, 2.24) is 4.90 Å². The Hall–Kier alpha value is -3.61. The van der Waals surface area contributed by atoms with E-state index < -0.39 is 23.7 Å². The summed E-state index contributed by atoms with van der Waals surface area (Å²) in [7, 11) is 0. The number of carbonyl (C=O) groups excluding carboxylic acids is 1. The lowest BCUT2D eigenvalue weighted by atomic mass is 10.0. The largest absolute Gasteiger partial charge is 0.480 e. The minimum absolute atomic E-state index is 0.0740. The first-order valence-electron chi connectivity index (χ1n) is 10.7. The number of carboxylic acids is 1. The summed E-state index contributed by atoms with van der Waals surface area (Å²) < 4.78 is 19.5. The average Bonchev–Trinajstić information content (AvgIpc) is 3.30. The first-order chi connectivity index (χ1) is 16.8. The molecule has 0 fully saturated rings. The number of carbonyl (C=O) groups is 2. The molecule has 35 heavy (non-hydrogen) atoms. The van der Waals surface area contributed by atoms with Gasteiger partial charge >= 0.3 is 5.97 Å². The van der Waals surface area contributed by atoms with Crippen LogP contribution < -0.4 is 0 Å². The van der Waals surface area contributed by atoms with Gasteiger partial charge in [0.2, 0.25) is 0 Å². The van der Waals surface area contributed by atoms with Crippen LogP contribution in [0.1, 0.15) is 21.7 Å². The van der Waals surface area contributed by atoms with Crippen molar-refractivity contribution in [2.24, 2.45) is 0 Å². The van der Waals surface area contributed by atoms with E-state index in [1.807, 2.05) is 6.07 Å². The zero-order valence-corrected chi connectivity index (χ0v) is 19.8. The van der Waals surface area contributed by atoms with Crippen molar-refractivity contribution in [2.45, 2.75) is 19.0 Å². The standard InChI is InChI=1S/C27H20Cl2FNO4/c28-19-9-11-22(23(29)15-19)26(32)31(24(27(33)34)13-17-5-2-1-3-6-17)16-21-10-12-25(35-21)18-7-4-8-20(30)14-18/h1-12,14-15,24H,13,16H2,(H,33,34)/t24-/m0/s1. The first-order valence-corrected chi connectivity index (χ1v) is 11.4. The molecule has 4 aromatic rings. The van der Waals surface area contributed by atoms with E-state index in [4.69, 9.17) is 27.6 Å². The van der Waals surface area contributed by atoms with Gasteiger partial charge in [-0.05, 0) is 48.0 Å². The lowest BCUT2D eigenvalue weighted by molar-refractivity contribution is -0.142. The van der Waals surface area contributed by atoms with Gasteiger partial charge < -0.3 is 14.4 Å². The molecule has 0 aliphatic heterocycles. The minimum Gasteiger partial charge on any atom is -0.480 e. The summed E-state index contributed by atoms with van der Waals surface area (Å²) in [5, 5.41) is 10.5. The van der Waals surface area contributed by atoms with Crippen LogP contribution in [-0.2, 0) is 17.8 Å². The summed E-state index contributed by atoms with van der Waals surface area (Å²) in [6.45, 7) is -0.142. The van der Waals surface area contributed by atoms with E-state index in [0.717, 1.165) is 5.56 Å². The molecule has 5 nitrogen and oxygen atoms in total. The molecule has 3 aromatic carbocycles. The number of nitrogens with zero attached hydrogens (tertiary/aromatic N) is 1. The third-order valence-corrected chi connectivity index (χ3v) is 6.00. The number of amides is 1. The van der Waals surface area contributed by atoms with Crippen molar-refractivity contribution >= 4 is 35.1 Å². The fourth-order valence-corrected chi connectivity index (χ4v) is 4.23.